The van der Waals surface area contributed by atoms with Crippen LogP contribution in [0.25, 0.3) is 0 Å². The van der Waals surface area contributed by atoms with Crippen molar-refractivity contribution in [1.29, 1.82) is 0 Å². The van der Waals surface area contributed by atoms with Gasteiger partial charge in [-0.15, -0.1) is 0 Å². The highest BCUT2D eigenvalue weighted by Crippen LogP contribution is 2.54. The predicted molar refractivity (Wildman–Crippen MR) is 154 cm³/mol. The molecular weight excluding hydrogens is 502 g/mol. The highest BCUT2D eigenvalue weighted by Gasteiger charge is 2.57. The lowest BCUT2D eigenvalue weighted by Gasteiger charge is -2.39. The van der Waals surface area contributed by atoms with Crippen molar-refractivity contribution in [2.24, 2.45) is 11.8 Å². The van der Waals surface area contributed by atoms with Gasteiger partial charge >= 0.3 is 0 Å². The van der Waals surface area contributed by atoms with E-state index in [1.165, 1.54) is 18.4 Å². The molecule has 3 aliphatic heterocycles. The fourth-order valence-electron chi connectivity index (χ4n) is 8.14. The summed E-state index contributed by atoms with van der Waals surface area (Å²) in [5.74, 6) is 3.09. The maximum absolute atomic E-state index is 13.3. The fraction of sp³-hybridized carbons (Fsp3) is 0.594. The van der Waals surface area contributed by atoms with Crippen LogP contribution in [-0.4, -0.2) is 72.1 Å². The van der Waals surface area contributed by atoms with Crippen molar-refractivity contribution < 1.29 is 14.3 Å². The van der Waals surface area contributed by atoms with Gasteiger partial charge in [0.1, 0.15) is 11.6 Å². The van der Waals surface area contributed by atoms with Gasteiger partial charge in [0.25, 0.3) is 11.8 Å². The van der Waals surface area contributed by atoms with Gasteiger partial charge in [0.05, 0.1) is 12.2 Å². The molecule has 2 aliphatic carbocycles. The Morgan fingerprint density at radius 2 is 1.77 bits per heavy atom. The van der Waals surface area contributed by atoms with Crippen molar-refractivity contribution in [2.75, 3.05) is 31.1 Å². The number of carbonyl (C=O) groups is 2. The number of likely N-dealkylation sites (tertiary alicyclic amines) is 1. The lowest BCUT2D eigenvalue weighted by Crippen LogP contribution is -2.45. The Morgan fingerprint density at radius 3 is 2.50 bits per heavy atom. The van der Waals surface area contributed by atoms with Crippen molar-refractivity contribution in [3.05, 3.63) is 52.7 Å². The lowest BCUT2D eigenvalue weighted by atomic mass is 9.74. The first-order valence-corrected chi connectivity index (χ1v) is 15.3. The third kappa shape index (κ3) is 4.44. The first kappa shape index (κ1) is 25.8. The predicted octanol–water partition coefficient (Wildman–Crippen LogP) is 3.71. The number of nitrogens with one attached hydrogen (secondary N) is 2. The van der Waals surface area contributed by atoms with Crippen LogP contribution in [0.3, 0.4) is 0 Å². The number of carbonyl (C=O) groups excluding carboxylic acids is 2. The van der Waals surface area contributed by atoms with E-state index < -0.39 is 0 Å². The molecule has 5 atom stereocenters. The first-order chi connectivity index (χ1) is 19.5. The Labute approximate surface area is 236 Å². The minimum atomic E-state index is -0.0225. The molecule has 2 amide bonds. The fourth-order valence-corrected chi connectivity index (χ4v) is 8.14. The molecule has 4 heterocycles. The van der Waals surface area contributed by atoms with Crippen LogP contribution in [-0.2, 0) is 6.42 Å². The van der Waals surface area contributed by atoms with E-state index >= 15 is 0 Å². The SMILES string of the molecule is CCN1CCC(NC(=O)c2ccc(N3C4CCC4C4CC(NC(=O)c5ccc6c(c5C)OCC6)CC43)nc2)CC1. The number of rotatable bonds is 6. The van der Waals surface area contributed by atoms with Crippen LogP contribution in [0.15, 0.2) is 30.5 Å². The van der Waals surface area contributed by atoms with E-state index in [9.17, 15) is 9.59 Å². The summed E-state index contributed by atoms with van der Waals surface area (Å²) in [5.41, 5.74) is 3.51. The molecule has 5 aliphatic rings. The highest BCUT2D eigenvalue weighted by molar-refractivity contribution is 5.97. The molecule has 7 rings (SSSR count). The quantitative estimate of drug-likeness (QED) is 0.578. The van der Waals surface area contributed by atoms with Crippen LogP contribution in [0.5, 0.6) is 5.75 Å². The summed E-state index contributed by atoms with van der Waals surface area (Å²) in [7, 11) is 0. The van der Waals surface area contributed by atoms with Crippen LogP contribution < -0.4 is 20.3 Å². The number of piperidine rings is 1. The van der Waals surface area contributed by atoms with E-state index in [0.29, 0.717) is 36.1 Å². The first-order valence-electron chi connectivity index (χ1n) is 15.3. The third-order valence-corrected chi connectivity index (χ3v) is 10.5. The highest BCUT2D eigenvalue weighted by atomic mass is 16.5. The zero-order chi connectivity index (χ0) is 27.4. The maximum Gasteiger partial charge on any atom is 0.253 e. The Hall–Kier alpha value is -3.13. The molecule has 1 aromatic carbocycles. The molecule has 8 nitrogen and oxygen atoms in total. The molecule has 0 radical (unpaired) electrons. The molecule has 212 valence electrons. The standard InChI is InChI=1S/C32H41N5O3/c1-3-36-13-10-22(11-14-36)34-31(38)21-5-9-29(33-18-21)37-27-8-7-25(27)26-16-23(17-28(26)37)35-32(39)24-6-4-20-12-15-40-30(20)19(24)2/h4-6,9,18,22-23,25-28H,3,7-8,10-17H2,1-2H3,(H,34,38)(H,35,39). The summed E-state index contributed by atoms with van der Waals surface area (Å²) in [6, 6.07) is 9.27. The van der Waals surface area contributed by atoms with Gasteiger partial charge in [-0.05, 0) is 87.6 Å². The molecule has 40 heavy (non-hydrogen) atoms. The van der Waals surface area contributed by atoms with Crippen LogP contribution in [0.2, 0.25) is 0 Å². The van der Waals surface area contributed by atoms with Gasteiger partial charge in [0.2, 0.25) is 0 Å². The number of pyridine rings is 1. The average Bonchev–Trinajstić information content (AvgIpc) is 3.63. The Kier molecular flexibility index (Phi) is 6.69. The van der Waals surface area contributed by atoms with Gasteiger partial charge in [0, 0.05) is 61.0 Å². The molecule has 2 N–H and O–H groups in total. The molecule has 2 saturated heterocycles. The number of nitrogens with zero attached hydrogens (tertiary/aromatic N) is 3. The maximum atomic E-state index is 13.3. The van der Waals surface area contributed by atoms with E-state index in [2.05, 4.69) is 27.4 Å². The number of aromatic nitrogens is 1. The molecule has 4 fully saturated rings. The van der Waals surface area contributed by atoms with Crippen molar-refractivity contribution in [3.8, 4) is 5.75 Å². The largest absolute Gasteiger partial charge is 0.493 e. The van der Waals surface area contributed by atoms with Crippen molar-refractivity contribution in [1.82, 2.24) is 20.5 Å². The normalized spacial score (nSPS) is 29.2. The van der Waals surface area contributed by atoms with Gasteiger partial charge < -0.3 is 25.2 Å². The number of benzene rings is 1. The lowest BCUT2D eigenvalue weighted by molar-refractivity contribution is 0.0909. The van der Waals surface area contributed by atoms with Gasteiger partial charge in [-0.25, -0.2) is 4.98 Å². The Bertz CT molecular complexity index is 1290. The van der Waals surface area contributed by atoms with Crippen molar-refractivity contribution >= 4 is 17.6 Å². The van der Waals surface area contributed by atoms with Crippen LogP contribution in [0.1, 0.15) is 77.3 Å². The molecule has 2 saturated carbocycles. The van der Waals surface area contributed by atoms with Gasteiger partial charge in [-0.2, -0.15) is 0 Å². The number of hydrogen-bond donors (Lipinski definition) is 2. The van der Waals surface area contributed by atoms with Crippen LogP contribution >= 0.6 is 0 Å². The summed E-state index contributed by atoms with van der Waals surface area (Å²) in [4.78, 5) is 36.0. The van der Waals surface area contributed by atoms with E-state index in [0.717, 1.165) is 74.4 Å². The second-order valence-corrected chi connectivity index (χ2v) is 12.5. The van der Waals surface area contributed by atoms with Gasteiger partial charge in [0.15, 0.2) is 0 Å². The van der Waals surface area contributed by atoms with E-state index in [1.807, 2.05) is 31.2 Å². The number of anilines is 1. The van der Waals surface area contributed by atoms with Crippen molar-refractivity contribution in [2.45, 2.75) is 83.0 Å². The van der Waals surface area contributed by atoms with Gasteiger partial charge in [-0.3, -0.25) is 9.59 Å². The monoisotopic (exact) mass is 543 g/mol. The number of amides is 2. The number of ether oxygens (including phenoxy) is 1. The second-order valence-electron chi connectivity index (χ2n) is 12.5. The summed E-state index contributed by atoms with van der Waals surface area (Å²) in [6.45, 7) is 8.04. The summed E-state index contributed by atoms with van der Waals surface area (Å²) in [5, 5.41) is 6.58. The zero-order valence-corrected chi connectivity index (χ0v) is 23.7. The summed E-state index contributed by atoms with van der Waals surface area (Å²) in [6.07, 6.45) is 9.08. The van der Waals surface area contributed by atoms with Crippen molar-refractivity contribution in [3.63, 3.8) is 0 Å². The molecule has 2 aromatic rings. The average molecular weight is 544 g/mol. The Balaban J connectivity index is 1.00. The molecular formula is C32H41N5O3. The zero-order valence-electron chi connectivity index (χ0n) is 23.7. The minimum absolute atomic E-state index is 0.00587. The molecule has 0 spiro atoms. The van der Waals surface area contributed by atoms with E-state index in [-0.39, 0.29) is 23.9 Å². The number of fused-ring (bicyclic) bond motifs is 4. The van der Waals surface area contributed by atoms with Crippen LogP contribution in [0.4, 0.5) is 5.82 Å². The number of hydrogen-bond acceptors (Lipinski definition) is 6. The topological polar surface area (TPSA) is 86.8 Å². The third-order valence-electron chi connectivity index (χ3n) is 10.5. The molecule has 8 heteroatoms. The summed E-state index contributed by atoms with van der Waals surface area (Å²) >= 11 is 0. The molecule has 1 aromatic heterocycles. The van der Waals surface area contributed by atoms with E-state index in [1.54, 1.807) is 6.20 Å². The Morgan fingerprint density at radius 1 is 0.950 bits per heavy atom. The van der Waals surface area contributed by atoms with Gasteiger partial charge in [-0.1, -0.05) is 13.0 Å². The van der Waals surface area contributed by atoms with E-state index in [4.69, 9.17) is 9.72 Å². The van der Waals surface area contributed by atoms with Crippen LogP contribution in [0, 0.1) is 18.8 Å². The second kappa shape index (κ2) is 10.4. The summed E-state index contributed by atoms with van der Waals surface area (Å²) < 4.78 is 5.80. The smallest absolute Gasteiger partial charge is 0.253 e. The molecule has 0 bridgehead atoms. The molecule has 5 unspecified atom stereocenters. The minimum Gasteiger partial charge on any atom is -0.493 e.